The molecule has 0 unspecified atom stereocenters. The number of aromatic nitrogens is 1. The molecule has 0 atom stereocenters. The first-order valence-electron chi connectivity index (χ1n) is 6.43. The third-order valence-electron chi connectivity index (χ3n) is 3.40. The lowest BCUT2D eigenvalue weighted by atomic mass is 10.0. The maximum Gasteiger partial charge on any atom is 0.339 e. The normalized spacial score (nSPS) is 11.5. The molecule has 0 bridgehead atoms. The predicted molar refractivity (Wildman–Crippen MR) is 73.5 cm³/mol. The van der Waals surface area contributed by atoms with Crippen LogP contribution in [0.1, 0.15) is 30.4 Å². The standard InChI is InChI=1S/C15H15NO3/c1-4-5-10-8(2)11-6-12-14(18-9(3)16-12)7-13(11)19-15(10)17/h6-7H,4-5H2,1-3H3. The fourth-order valence-corrected chi connectivity index (χ4v) is 2.46. The highest BCUT2D eigenvalue weighted by molar-refractivity contribution is 5.93. The van der Waals surface area contributed by atoms with Gasteiger partial charge in [0.1, 0.15) is 11.1 Å². The Labute approximate surface area is 110 Å². The van der Waals surface area contributed by atoms with Gasteiger partial charge in [-0.2, -0.15) is 0 Å². The molecule has 0 radical (unpaired) electrons. The van der Waals surface area contributed by atoms with E-state index in [1.165, 1.54) is 0 Å². The molecular formula is C15H15NO3. The number of hydrogen-bond donors (Lipinski definition) is 0. The van der Waals surface area contributed by atoms with E-state index < -0.39 is 0 Å². The molecule has 2 aromatic heterocycles. The van der Waals surface area contributed by atoms with Crippen LogP contribution in [0.25, 0.3) is 22.1 Å². The molecule has 4 nitrogen and oxygen atoms in total. The molecule has 0 aliphatic rings. The average molecular weight is 257 g/mol. The van der Waals surface area contributed by atoms with Crippen molar-refractivity contribution in [1.82, 2.24) is 4.98 Å². The summed E-state index contributed by atoms with van der Waals surface area (Å²) in [6.07, 6.45) is 1.66. The average Bonchev–Trinajstić information content (AvgIpc) is 2.71. The lowest BCUT2D eigenvalue weighted by molar-refractivity contribution is 0.542. The monoisotopic (exact) mass is 257 g/mol. The lowest BCUT2D eigenvalue weighted by Crippen LogP contribution is -2.09. The largest absolute Gasteiger partial charge is 0.441 e. The molecule has 0 amide bonds. The van der Waals surface area contributed by atoms with Gasteiger partial charge < -0.3 is 8.83 Å². The molecule has 4 heteroatoms. The van der Waals surface area contributed by atoms with Crippen molar-refractivity contribution >= 4 is 22.1 Å². The predicted octanol–water partition coefficient (Wildman–Crippen LogP) is 3.50. The molecule has 2 heterocycles. The Balaban J connectivity index is 2.40. The van der Waals surface area contributed by atoms with Gasteiger partial charge in [0.2, 0.25) is 0 Å². The molecule has 0 spiro atoms. The Morgan fingerprint density at radius 1 is 1.16 bits per heavy atom. The molecule has 0 saturated heterocycles. The molecule has 1 aromatic carbocycles. The first kappa shape index (κ1) is 12.0. The van der Waals surface area contributed by atoms with Crippen molar-refractivity contribution in [2.45, 2.75) is 33.6 Å². The van der Waals surface area contributed by atoms with Crippen LogP contribution in [0.2, 0.25) is 0 Å². The van der Waals surface area contributed by atoms with Crippen LogP contribution in [-0.4, -0.2) is 4.98 Å². The topological polar surface area (TPSA) is 56.2 Å². The summed E-state index contributed by atoms with van der Waals surface area (Å²) in [5.74, 6) is 0.610. The zero-order chi connectivity index (χ0) is 13.6. The van der Waals surface area contributed by atoms with Gasteiger partial charge in [0.25, 0.3) is 0 Å². The summed E-state index contributed by atoms with van der Waals surface area (Å²) in [6.45, 7) is 5.81. The molecular weight excluding hydrogens is 242 g/mol. The molecule has 98 valence electrons. The van der Waals surface area contributed by atoms with E-state index in [4.69, 9.17) is 8.83 Å². The van der Waals surface area contributed by atoms with Crippen molar-refractivity contribution in [2.75, 3.05) is 0 Å². The summed E-state index contributed by atoms with van der Waals surface area (Å²) in [4.78, 5) is 16.3. The van der Waals surface area contributed by atoms with E-state index in [-0.39, 0.29) is 5.63 Å². The number of nitrogens with zero attached hydrogens (tertiary/aromatic N) is 1. The fraction of sp³-hybridized carbons (Fsp3) is 0.333. The van der Waals surface area contributed by atoms with Gasteiger partial charge in [0.05, 0.1) is 0 Å². The van der Waals surface area contributed by atoms with Crippen LogP contribution in [-0.2, 0) is 6.42 Å². The van der Waals surface area contributed by atoms with Gasteiger partial charge in [0.15, 0.2) is 11.5 Å². The van der Waals surface area contributed by atoms with Crippen LogP contribution in [0.3, 0.4) is 0 Å². The second-order valence-electron chi connectivity index (χ2n) is 4.79. The number of hydrogen-bond acceptors (Lipinski definition) is 4. The minimum atomic E-state index is -0.248. The van der Waals surface area contributed by atoms with Gasteiger partial charge in [0, 0.05) is 23.9 Å². The maximum atomic E-state index is 12.0. The Kier molecular flexibility index (Phi) is 2.66. The smallest absolute Gasteiger partial charge is 0.339 e. The van der Waals surface area contributed by atoms with Gasteiger partial charge in [-0.05, 0) is 25.0 Å². The summed E-state index contributed by atoms with van der Waals surface area (Å²) >= 11 is 0. The summed E-state index contributed by atoms with van der Waals surface area (Å²) in [6, 6.07) is 3.67. The first-order chi connectivity index (χ1) is 9.10. The van der Waals surface area contributed by atoms with Crippen molar-refractivity contribution < 1.29 is 8.83 Å². The number of aryl methyl sites for hydroxylation is 2. The second-order valence-corrected chi connectivity index (χ2v) is 4.79. The van der Waals surface area contributed by atoms with E-state index in [2.05, 4.69) is 4.98 Å². The molecule has 3 rings (SSSR count). The minimum Gasteiger partial charge on any atom is -0.441 e. The summed E-state index contributed by atoms with van der Waals surface area (Å²) < 4.78 is 10.9. The van der Waals surface area contributed by atoms with E-state index in [0.717, 1.165) is 34.9 Å². The third kappa shape index (κ3) is 1.84. The van der Waals surface area contributed by atoms with Crippen molar-refractivity contribution in [1.29, 1.82) is 0 Å². The van der Waals surface area contributed by atoms with Gasteiger partial charge in [-0.25, -0.2) is 9.78 Å². The van der Waals surface area contributed by atoms with Crippen LogP contribution in [0.15, 0.2) is 25.8 Å². The second kappa shape index (κ2) is 4.23. The molecule has 0 aliphatic heterocycles. The zero-order valence-electron chi connectivity index (χ0n) is 11.2. The first-order valence-corrected chi connectivity index (χ1v) is 6.43. The quantitative estimate of drug-likeness (QED) is 0.659. The fourth-order valence-electron chi connectivity index (χ4n) is 2.46. The number of fused-ring (bicyclic) bond motifs is 2. The minimum absolute atomic E-state index is 0.248. The van der Waals surface area contributed by atoms with Gasteiger partial charge in [-0.1, -0.05) is 13.3 Å². The highest BCUT2D eigenvalue weighted by Gasteiger charge is 2.13. The van der Waals surface area contributed by atoms with Crippen LogP contribution < -0.4 is 5.63 Å². The number of oxazole rings is 1. The van der Waals surface area contributed by atoms with Crippen molar-refractivity contribution in [3.05, 3.63) is 39.6 Å². The SMILES string of the molecule is CCCc1c(C)c2cc3nc(C)oc3cc2oc1=O. The van der Waals surface area contributed by atoms with Gasteiger partial charge >= 0.3 is 5.63 Å². The Morgan fingerprint density at radius 2 is 1.95 bits per heavy atom. The Morgan fingerprint density at radius 3 is 2.68 bits per heavy atom. The van der Waals surface area contributed by atoms with Crippen LogP contribution in [0.5, 0.6) is 0 Å². The molecule has 19 heavy (non-hydrogen) atoms. The third-order valence-corrected chi connectivity index (χ3v) is 3.40. The van der Waals surface area contributed by atoms with E-state index >= 15 is 0 Å². The van der Waals surface area contributed by atoms with Crippen molar-refractivity contribution in [3.63, 3.8) is 0 Å². The molecule has 3 aromatic rings. The molecule has 0 fully saturated rings. The Hall–Kier alpha value is -2.10. The molecule has 0 saturated carbocycles. The number of benzene rings is 1. The lowest BCUT2D eigenvalue weighted by Gasteiger charge is -2.06. The summed E-state index contributed by atoms with van der Waals surface area (Å²) in [7, 11) is 0. The van der Waals surface area contributed by atoms with E-state index in [1.54, 1.807) is 13.0 Å². The van der Waals surface area contributed by atoms with Gasteiger partial charge in [-0.3, -0.25) is 0 Å². The van der Waals surface area contributed by atoms with Crippen LogP contribution in [0, 0.1) is 13.8 Å². The highest BCUT2D eigenvalue weighted by Crippen LogP contribution is 2.26. The van der Waals surface area contributed by atoms with E-state index in [9.17, 15) is 4.79 Å². The summed E-state index contributed by atoms with van der Waals surface area (Å²) in [5.41, 5.74) is 3.50. The Bertz CT molecular complexity index is 827. The van der Waals surface area contributed by atoms with Crippen LogP contribution in [0.4, 0.5) is 0 Å². The maximum absolute atomic E-state index is 12.0. The molecule has 0 N–H and O–H groups in total. The highest BCUT2D eigenvalue weighted by atomic mass is 16.4. The number of rotatable bonds is 2. The zero-order valence-corrected chi connectivity index (χ0v) is 11.2. The van der Waals surface area contributed by atoms with E-state index in [1.807, 2.05) is 19.9 Å². The van der Waals surface area contributed by atoms with Crippen molar-refractivity contribution in [3.8, 4) is 0 Å². The summed E-state index contributed by atoms with van der Waals surface area (Å²) in [5, 5.41) is 0.934. The van der Waals surface area contributed by atoms with Crippen molar-refractivity contribution in [2.24, 2.45) is 0 Å². The van der Waals surface area contributed by atoms with Crippen LogP contribution >= 0.6 is 0 Å². The molecule has 0 aliphatic carbocycles. The van der Waals surface area contributed by atoms with E-state index in [0.29, 0.717) is 17.1 Å². The van der Waals surface area contributed by atoms with Gasteiger partial charge in [-0.15, -0.1) is 0 Å².